The number of allylic oxidation sites excluding steroid dienone is 1. The summed E-state index contributed by atoms with van der Waals surface area (Å²) in [6.45, 7) is 3.20. The van der Waals surface area contributed by atoms with Gasteiger partial charge in [-0.25, -0.2) is 4.39 Å². The highest BCUT2D eigenvalue weighted by atomic mass is 19.1. The minimum atomic E-state index is -0.142. The van der Waals surface area contributed by atoms with Crippen LogP contribution in [0.1, 0.15) is 44.6 Å². The van der Waals surface area contributed by atoms with Gasteiger partial charge < -0.3 is 5.32 Å². The summed E-state index contributed by atoms with van der Waals surface area (Å²) in [5.74, 6) is -0.142. The summed E-state index contributed by atoms with van der Waals surface area (Å²) < 4.78 is 13.1. The number of halogens is 1. The predicted molar refractivity (Wildman–Crippen MR) is 78.7 cm³/mol. The largest absolute Gasteiger partial charge is 0.314 e. The maximum Gasteiger partial charge on any atom is 0.123 e. The molecule has 0 saturated heterocycles. The van der Waals surface area contributed by atoms with E-state index < -0.39 is 0 Å². The van der Waals surface area contributed by atoms with E-state index in [1.54, 1.807) is 17.7 Å². The molecule has 0 heterocycles. The van der Waals surface area contributed by atoms with Crippen molar-refractivity contribution in [2.45, 2.75) is 51.5 Å². The Morgan fingerprint density at radius 3 is 2.95 bits per heavy atom. The van der Waals surface area contributed by atoms with Gasteiger partial charge in [0.25, 0.3) is 0 Å². The van der Waals surface area contributed by atoms with Crippen LogP contribution in [0.4, 0.5) is 4.39 Å². The second kappa shape index (κ2) is 7.44. The number of benzene rings is 1. The zero-order valence-corrected chi connectivity index (χ0v) is 11.8. The second-order valence-corrected chi connectivity index (χ2v) is 5.55. The van der Waals surface area contributed by atoms with E-state index in [1.165, 1.54) is 31.7 Å². The lowest BCUT2D eigenvalue weighted by Crippen LogP contribution is -2.29. The van der Waals surface area contributed by atoms with Crippen molar-refractivity contribution in [3.63, 3.8) is 0 Å². The molecule has 1 aliphatic carbocycles. The van der Waals surface area contributed by atoms with Gasteiger partial charge in [-0.15, -0.1) is 0 Å². The van der Waals surface area contributed by atoms with Crippen LogP contribution in [0, 0.1) is 5.82 Å². The highest BCUT2D eigenvalue weighted by molar-refractivity contribution is 5.17. The van der Waals surface area contributed by atoms with E-state index in [1.807, 2.05) is 6.07 Å². The van der Waals surface area contributed by atoms with Crippen LogP contribution in [0.2, 0.25) is 0 Å². The highest BCUT2D eigenvalue weighted by Gasteiger charge is 2.06. The molecular weight excluding hydrogens is 237 g/mol. The van der Waals surface area contributed by atoms with Gasteiger partial charge in [-0.3, -0.25) is 0 Å². The third-order valence-electron chi connectivity index (χ3n) is 3.75. The average Bonchev–Trinajstić information content (AvgIpc) is 2.40. The maximum absolute atomic E-state index is 13.1. The molecule has 104 valence electrons. The Morgan fingerprint density at radius 2 is 2.21 bits per heavy atom. The van der Waals surface area contributed by atoms with E-state index in [-0.39, 0.29) is 5.82 Å². The molecule has 1 unspecified atom stereocenters. The molecule has 19 heavy (non-hydrogen) atoms. The van der Waals surface area contributed by atoms with Crippen molar-refractivity contribution >= 4 is 0 Å². The molecular formula is C17H24FN. The summed E-state index contributed by atoms with van der Waals surface area (Å²) in [6.07, 6.45) is 9.69. The number of nitrogens with one attached hydrogen (secondary N) is 1. The van der Waals surface area contributed by atoms with Crippen LogP contribution in [-0.4, -0.2) is 12.6 Å². The quantitative estimate of drug-likeness (QED) is 0.755. The van der Waals surface area contributed by atoms with Crippen molar-refractivity contribution in [1.29, 1.82) is 0 Å². The van der Waals surface area contributed by atoms with Crippen LogP contribution in [0.3, 0.4) is 0 Å². The van der Waals surface area contributed by atoms with Crippen LogP contribution >= 0.6 is 0 Å². The van der Waals surface area contributed by atoms with Crippen molar-refractivity contribution in [3.8, 4) is 0 Å². The first-order valence-electron chi connectivity index (χ1n) is 7.40. The molecule has 1 aromatic rings. The van der Waals surface area contributed by atoms with E-state index in [9.17, 15) is 4.39 Å². The molecule has 0 amide bonds. The molecule has 1 nitrogen and oxygen atoms in total. The zero-order valence-electron chi connectivity index (χ0n) is 11.8. The Balaban J connectivity index is 1.69. The molecule has 0 spiro atoms. The third kappa shape index (κ3) is 5.15. The molecule has 1 atom stereocenters. The summed E-state index contributed by atoms with van der Waals surface area (Å²) in [4.78, 5) is 0. The van der Waals surface area contributed by atoms with Crippen molar-refractivity contribution < 1.29 is 4.39 Å². The summed E-state index contributed by atoms with van der Waals surface area (Å²) in [7, 11) is 0. The second-order valence-electron chi connectivity index (χ2n) is 5.55. The first kappa shape index (κ1) is 14.3. The Kier molecular flexibility index (Phi) is 5.59. The van der Waals surface area contributed by atoms with Crippen molar-refractivity contribution in [2.24, 2.45) is 0 Å². The number of rotatable bonds is 6. The fourth-order valence-corrected chi connectivity index (χ4v) is 2.70. The summed E-state index contributed by atoms with van der Waals surface area (Å²) >= 11 is 0. The first-order chi connectivity index (χ1) is 9.24. The van der Waals surface area contributed by atoms with Gasteiger partial charge in [-0.1, -0.05) is 23.8 Å². The van der Waals surface area contributed by atoms with E-state index in [2.05, 4.69) is 18.3 Å². The minimum Gasteiger partial charge on any atom is -0.314 e. The molecule has 0 fully saturated rings. The summed E-state index contributed by atoms with van der Waals surface area (Å²) in [6, 6.07) is 7.29. The number of hydrogen-bond donors (Lipinski definition) is 1. The molecule has 2 rings (SSSR count). The fraction of sp³-hybridized carbons (Fsp3) is 0.529. The molecule has 1 N–H and O–H groups in total. The van der Waals surface area contributed by atoms with Gasteiger partial charge in [-0.05, 0) is 69.7 Å². The summed E-state index contributed by atoms with van der Waals surface area (Å²) in [5, 5.41) is 3.53. The Hall–Kier alpha value is -1.15. The van der Waals surface area contributed by atoms with E-state index in [0.717, 1.165) is 24.9 Å². The maximum atomic E-state index is 13.1. The van der Waals surface area contributed by atoms with Gasteiger partial charge in [-0.2, -0.15) is 0 Å². The van der Waals surface area contributed by atoms with E-state index in [4.69, 9.17) is 0 Å². The molecule has 0 aliphatic heterocycles. The molecule has 0 aromatic heterocycles. The van der Waals surface area contributed by atoms with E-state index >= 15 is 0 Å². The van der Waals surface area contributed by atoms with Gasteiger partial charge in [0.15, 0.2) is 0 Å². The van der Waals surface area contributed by atoms with Crippen LogP contribution in [0.15, 0.2) is 35.9 Å². The predicted octanol–water partition coefficient (Wildman–Crippen LogP) is 4.24. The summed E-state index contributed by atoms with van der Waals surface area (Å²) in [5.41, 5.74) is 2.67. The highest BCUT2D eigenvalue weighted by Crippen LogP contribution is 2.19. The van der Waals surface area contributed by atoms with Crippen molar-refractivity contribution in [3.05, 3.63) is 47.3 Å². The molecule has 1 aromatic carbocycles. The topological polar surface area (TPSA) is 12.0 Å². The average molecular weight is 261 g/mol. The molecule has 0 radical (unpaired) electrons. The standard InChI is InChI=1S/C17H24FN/c1-14(12-16-8-5-9-17(18)13-16)19-11-10-15-6-3-2-4-7-15/h5-6,8-9,13-14,19H,2-4,7,10-12H2,1H3. The molecule has 1 aliphatic rings. The van der Waals surface area contributed by atoms with Gasteiger partial charge >= 0.3 is 0 Å². The normalized spacial score (nSPS) is 17.1. The van der Waals surface area contributed by atoms with Crippen molar-refractivity contribution in [2.75, 3.05) is 6.54 Å². The van der Waals surface area contributed by atoms with Crippen LogP contribution < -0.4 is 5.32 Å². The smallest absolute Gasteiger partial charge is 0.123 e. The lowest BCUT2D eigenvalue weighted by molar-refractivity contribution is 0.537. The lowest BCUT2D eigenvalue weighted by atomic mass is 9.97. The van der Waals surface area contributed by atoms with Gasteiger partial charge in [0.1, 0.15) is 5.82 Å². The number of hydrogen-bond acceptors (Lipinski definition) is 1. The Labute approximate surface area is 115 Å². The molecule has 0 bridgehead atoms. The molecule has 2 heteroatoms. The zero-order chi connectivity index (χ0) is 13.5. The van der Waals surface area contributed by atoms with Crippen LogP contribution in [-0.2, 0) is 6.42 Å². The fourth-order valence-electron chi connectivity index (χ4n) is 2.70. The van der Waals surface area contributed by atoms with Crippen molar-refractivity contribution in [1.82, 2.24) is 5.32 Å². The SMILES string of the molecule is CC(Cc1cccc(F)c1)NCCC1=CCCCC1. The van der Waals surface area contributed by atoms with Crippen LogP contribution in [0.5, 0.6) is 0 Å². The molecule has 0 saturated carbocycles. The van der Waals surface area contributed by atoms with Gasteiger partial charge in [0, 0.05) is 6.04 Å². The van der Waals surface area contributed by atoms with Crippen LogP contribution in [0.25, 0.3) is 0 Å². The first-order valence-corrected chi connectivity index (χ1v) is 7.40. The third-order valence-corrected chi connectivity index (χ3v) is 3.75. The van der Waals surface area contributed by atoms with Gasteiger partial charge in [0.2, 0.25) is 0 Å². The monoisotopic (exact) mass is 261 g/mol. The minimum absolute atomic E-state index is 0.142. The van der Waals surface area contributed by atoms with E-state index in [0.29, 0.717) is 6.04 Å². The Bertz CT molecular complexity index is 425. The Morgan fingerprint density at radius 1 is 1.32 bits per heavy atom. The lowest BCUT2D eigenvalue weighted by Gasteiger charge is -2.16. The van der Waals surface area contributed by atoms with Gasteiger partial charge in [0.05, 0.1) is 0 Å².